The van der Waals surface area contributed by atoms with Gasteiger partial charge in [-0.1, -0.05) is 5.10 Å². The molecule has 2 atom stereocenters. The molecular formula is C16H25F2N5O2. The van der Waals surface area contributed by atoms with Gasteiger partial charge in [0.25, 0.3) is 5.89 Å². The van der Waals surface area contributed by atoms with Gasteiger partial charge in [0.1, 0.15) is 0 Å². The third kappa shape index (κ3) is 3.91. The lowest BCUT2D eigenvalue weighted by molar-refractivity contribution is -0.127. The van der Waals surface area contributed by atoms with E-state index < -0.39 is 12.3 Å². The number of aromatic nitrogens is 2. The molecule has 1 aromatic rings. The number of rotatable bonds is 6. The zero-order chi connectivity index (χ0) is 18.2. The third-order valence-corrected chi connectivity index (χ3v) is 5.03. The molecular weight excluding hydrogens is 332 g/mol. The smallest absolute Gasteiger partial charge is 0.318 e. The number of hydrogen-bond donors (Lipinski definition) is 1. The summed E-state index contributed by atoms with van der Waals surface area (Å²) in [6.45, 7) is 3.21. The van der Waals surface area contributed by atoms with E-state index in [1.807, 2.05) is 25.9 Å². The minimum absolute atomic E-state index is 0.0507. The van der Waals surface area contributed by atoms with Crippen molar-refractivity contribution in [1.29, 1.82) is 0 Å². The Morgan fingerprint density at radius 1 is 1.40 bits per heavy atom. The molecule has 1 aromatic heterocycles. The van der Waals surface area contributed by atoms with Crippen LogP contribution in [0.1, 0.15) is 44.9 Å². The molecule has 2 fully saturated rings. The average Bonchev–Trinajstić information content (AvgIpc) is 3.14. The van der Waals surface area contributed by atoms with Crippen LogP contribution < -0.4 is 10.2 Å². The predicted molar refractivity (Wildman–Crippen MR) is 87.4 cm³/mol. The normalized spacial score (nSPS) is 25.5. The van der Waals surface area contributed by atoms with Gasteiger partial charge in [-0.25, -0.2) is 0 Å². The number of nitrogens with one attached hydrogen (secondary N) is 1. The summed E-state index contributed by atoms with van der Waals surface area (Å²) >= 11 is 0. The maximum absolute atomic E-state index is 12.7. The van der Waals surface area contributed by atoms with E-state index in [-0.39, 0.29) is 29.4 Å². The predicted octanol–water partition coefficient (Wildman–Crippen LogP) is 1.82. The Hall–Kier alpha value is -1.77. The molecule has 3 rings (SSSR count). The first-order valence-electron chi connectivity index (χ1n) is 8.64. The summed E-state index contributed by atoms with van der Waals surface area (Å²) in [5.74, 6) is -0.587. The monoisotopic (exact) mass is 357 g/mol. The molecule has 0 spiro atoms. The number of carbonyl (C=O) groups excluding carboxylic acids is 1. The van der Waals surface area contributed by atoms with Crippen molar-refractivity contribution in [3.63, 3.8) is 0 Å². The molecule has 1 aliphatic carbocycles. The molecule has 2 heterocycles. The van der Waals surface area contributed by atoms with Crippen LogP contribution in [0.2, 0.25) is 0 Å². The van der Waals surface area contributed by atoms with E-state index in [4.69, 9.17) is 4.42 Å². The fourth-order valence-electron chi connectivity index (χ4n) is 3.47. The molecule has 140 valence electrons. The Bertz CT molecular complexity index is 617. The summed E-state index contributed by atoms with van der Waals surface area (Å²) < 4.78 is 30.4. The van der Waals surface area contributed by atoms with Crippen LogP contribution in [0.4, 0.5) is 14.8 Å². The SMILES string of the molecule is CC1CCC(NC(=O)C2(CN(C)C)CC2)CN1c1nnc(C(F)F)o1. The first-order chi connectivity index (χ1) is 11.8. The van der Waals surface area contributed by atoms with Gasteiger partial charge in [-0.15, -0.1) is 5.10 Å². The highest BCUT2D eigenvalue weighted by Gasteiger charge is 2.50. The van der Waals surface area contributed by atoms with Crippen molar-refractivity contribution in [2.75, 3.05) is 32.1 Å². The zero-order valence-corrected chi connectivity index (χ0v) is 14.8. The second-order valence-corrected chi connectivity index (χ2v) is 7.49. The van der Waals surface area contributed by atoms with Gasteiger partial charge in [-0.3, -0.25) is 4.79 Å². The van der Waals surface area contributed by atoms with Crippen molar-refractivity contribution < 1.29 is 18.0 Å². The quantitative estimate of drug-likeness (QED) is 0.837. The number of hydrogen-bond acceptors (Lipinski definition) is 6. The number of alkyl halides is 2. The third-order valence-electron chi connectivity index (χ3n) is 5.03. The van der Waals surface area contributed by atoms with E-state index in [0.717, 1.165) is 32.2 Å². The summed E-state index contributed by atoms with van der Waals surface area (Å²) in [4.78, 5) is 16.5. The van der Waals surface area contributed by atoms with E-state index in [0.29, 0.717) is 6.54 Å². The lowest BCUT2D eigenvalue weighted by Gasteiger charge is -2.37. The first-order valence-corrected chi connectivity index (χ1v) is 8.64. The van der Waals surface area contributed by atoms with Gasteiger partial charge in [-0.05, 0) is 46.7 Å². The van der Waals surface area contributed by atoms with E-state index in [1.54, 1.807) is 4.90 Å². The van der Waals surface area contributed by atoms with Crippen molar-refractivity contribution in [2.45, 2.75) is 51.1 Å². The van der Waals surface area contributed by atoms with E-state index in [9.17, 15) is 13.6 Å². The second-order valence-electron chi connectivity index (χ2n) is 7.49. The van der Waals surface area contributed by atoms with Crippen molar-refractivity contribution in [2.24, 2.45) is 5.41 Å². The Labute approximate surface area is 145 Å². The summed E-state index contributed by atoms with van der Waals surface area (Å²) in [7, 11) is 3.93. The Morgan fingerprint density at radius 2 is 2.12 bits per heavy atom. The van der Waals surface area contributed by atoms with Gasteiger partial charge in [0.05, 0.1) is 5.41 Å². The van der Waals surface area contributed by atoms with Crippen molar-refractivity contribution in [1.82, 2.24) is 20.4 Å². The summed E-state index contributed by atoms with van der Waals surface area (Å²) in [6.07, 6.45) is 0.698. The maximum Gasteiger partial charge on any atom is 0.318 e. The minimum Gasteiger partial charge on any atom is -0.402 e. The molecule has 25 heavy (non-hydrogen) atoms. The largest absolute Gasteiger partial charge is 0.402 e. The van der Waals surface area contributed by atoms with Crippen molar-refractivity contribution in [3.05, 3.63) is 5.89 Å². The lowest BCUT2D eigenvalue weighted by atomic mass is 9.98. The van der Waals surface area contributed by atoms with Gasteiger partial charge in [0, 0.05) is 25.2 Å². The Morgan fingerprint density at radius 3 is 2.68 bits per heavy atom. The second kappa shape index (κ2) is 6.86. The number of nitrogens with zero attached hydrogens (tertiary/aromatic N) is 4. The molecule has 9 heteroatoms. The van der Waals surface area contributed by atoms with Crippen LogP contribution in [-0.4, -0.2) is 60.3 Å². The molecule has 2 aliphatic rings. The highest BCUT2D eigenvalue weighted by molar-refractivity contribution is 5.85. The molecule has 2 unspecified atom stereocenters. The van der Waals surface area contributed by atoms with Crippen molar-refractivity contribution in [3.8, 4) is 0 Å². The molecule has 1 saturated heterocycles. The topological polar surface area (TPSA) is 74.5 Å². The van der Waals surface area contributed by atoms with Crippen LogP contribution in [0.5, 0.6) is 0 Å². The van der Waals surface area contributed by atoms with Crippen LogP contribution in [-0.2, 0) is 4.79 Å². The average molecular weight is 357 g/mol. The summed E-state index contributed by atoms with van der Waals surface area (Å²) in [6, 6.07) is 0.136. The molecule has 7 nitrogen and oxygen atoms in total. The fourth-order valence-corrected chi connectivity index (χ4v) is 3.47. The van der Waals surface area contributed by atoms with Gasteiger partial charge in [0.2, 0.25) is 5.91 Å². The van der Waals surface area contributed by atoms with Gasteiger partial charge in [-0.2, -0.15) is 8.78 Å². The summed E-state index contributed by atoms with van der Waals surface area (Å²) in [5.41, 5.74) is -0.273. The Kier molecular flexibility index (Phi) is 4.95. The zero-order valence-electron chi connectivity index (χ0n) is 14.8. The van der Waals surface area contributed by atoms with Crippen molar-refractivity contribution >= 4 is 11.9 Å². The highest BCUT2D eigenvalue weighted by Crippen LogP contribution is 2.46. The summed E-state index contributed by atoms with van der Waals surface area (Å²) in [5, 5.41) is 10.3. The van der Waals surface area contributed by atoms with Crippen LogP contribution in [0, 0.1) is 5.41 Å². The lowest BCUT2D eigenvalue weighted by Crippen LogP contribution is -2.53. The number of carbonyl (C=O) groups is 1. The fraction of sp³-hybridized carbons (Fsp3) is 0.812. The van der Waals surface area contributed by atoms with Crippen LogP contribution in [0.3, 0.4) is 0 Å². The maximum atomic E-state index is 12.7. The molecule has 0 bridgehead atoms. The van der Waals surface area contributed by atoms with Gasteiger partial charge >= 0.3 is 12.4 Å². The number of amides is 1. The van der Waals surface area contributed by atoms with E-state index in [2.05, 4.69) is 15.5 Å². The minimum atomic E-state index is -2.78. The molecule has 0 aromatic carbocycles. The molecule has 1 aliphatic heterocycles. The number of anilines is 1. The van der Waals surface area contributed by atoms with Crippen LogP contribution in [0.15, 0.2) is 4.42 Å². The van der Waals surface area contributed by atoms with Gasteiger partial charge in [0.15, 0.2) is 0 Å². The molecule has 1 amide bonds. The standard InChI is InChI=1S/C16H25F2N5O2/c1-10-4-5-11(19-14(24)16(6-7-16)9-22(2)3)8-23(10)15-21-20-13(25-15)12(17)18/h10-12H,4-9H2,1-3H3,(H,19,24). The van der Waals surface area contributed by atoms with E-state index in [1.165, 1.54) is 0 Å². The van der Waals surface area contributed by atoms with Gasteiger partial charge < -0.3 is 19.5 Å². The molecule has 1 N–H and O–H groups in total. The number of halogens is 2. The Balaban J connectivity index is 1.63. The molecule has 0 radical (unpaired) electrons. The highest BCUT2D eigenvalue weighted by atomic mass is 19.3. The molecule has 1 saturated carbocycles. The van der Waals surface area contributed by atoms with Crippen LogP contribution >= 0.6 is 0 Å². The van der Waals surface area contributed by atoms with E-state index >= 15 is 0 Å². The van der Waals surface area contributed by atoms with Crippen LogP contribution in [0.25, 0.3) is 0 Å². The first kappa shape index (κ1) is 18.0. The number of piperidine rings is 1.